The van der Waals surface area contributed by atoms with E-state index in [4.69, 9.17) is 4.42 Å². The third kappa shape index (κ3) is 4.03. The van der Waals surface area contributed by atoms with E-state index in [1.54, 1.807) is 7.05 Å². The van der Waals surface area contributed by atoms with Crippen molar-refractivity contribution in [1.82, 2.24) is 24.6 Å². The van der Waals surface area contributed by atoms with Crippen molar-refractivity contribution in [2.24, 2.45) is 7.05 Å². The molecule has 0 aliphatic heterocycles. The second-order valence-electron chi connectivity index (χ2n) is 5.55. The van der Waals surface area contributed by atoms with Crippen LogP contribution >= 0.6 is 0 Å². The fourth-order valence-corrected chi connectivity index (χ4v) is 3.51. The molecule has 0 aliphatic rings. The number of nitrogens with zero attached hydrogens (tertiary/aromatic N) is 4. The van der Waals surface area contributed by atoms with Gasteiger partial charge in [0.05, 0.1) is 0 Å². The molecule has 3 heterocycles. The van der Waals surface area contributed by atoms with Gasteiger partial charge in [-0.3, -0.25) is 4.68 Å². The van der Waals surface area contributed by atoms with E-state index in [1.165, 1.54) is 17.9 Å². The summed E-state index contributed by atoms with van der Waals surface area (Å²) < 4.78 is 76.0. The molecule has 13 heteroatoms. The lowest BCUT2D eigenvalue weighted by molar-refractivity contribution is -0.155. The third-order valence-corrected chi connectivity index (χ3v) is 5.22. The first-order valence-corrected chi connectivity index (χ1v) is 9.03. The number of sulfonamides is 1. The fraction of sp³-hybridized carbons (Fsp3) is 0.357. The number of furan rings is 1. The van der Waals surface area contributed by atoms with E-state index in [0.717, 1.165) is 6.07 Å². The Morgan fingerprint density at radius 3 is 2.63 bits per heavy atom. The first-order chi connectivity index (χ1) is 12.6. The molecule has 0 amide bonds. The van der Waals surface area contributed by atoms with Gasteiger partial charge in [0.25, 0.3) is 0 Å². The zero-order chi connectivity index (χ0) is 19.8. The van der Waals surface area contributed by atoms with Crippen LogP contribution in [0.4, 0.5) is 13.2 Å². The molecule has 0 radical (unpaired) electrons. The molecule has 0 bridgehead atoms. The zero-order valence-corrected chi connectivity index (χ0v) is 14.9. The minimum atomic E-state index is -4.71. The fourth-order valence-electron chi connectivity index (χ4n) is 2.30. The molecule has 0 aliphatic carbocycles. The molecule has 3 rings (SSSR count). The summed E-state index contributed by atoms with van der Waals surface area (Å²) in [7, 11) is -2.27. The largest absolute Gasteiger partial charge is 0.458 e. The van der Waals surface area contributed by atoms with E-state index in [0.29, 0.717) is 18.3 Å². The monoisotopic (exact) mass is 405 g/mol. The van der Waals surface area contributed by atoms with Crippen LogP contribution in [-0.4, -0.2) is 34.9 Å². The Morgan fingerprint density at radius 1 is 1.30 bits per heavy atom. The van der Waals surface area contributed by atoms with E-state index in [-0.39, 0.29) is 28.7 Å². The van der Waals surface area contributed by atoms with Gasteiger partial charge in [0.1, 0.15) is 28.5 Å². The van der Waals surface area contributed by atoms with Crippen molar-refractivity contribution in [2.75, 3.05) is 6.54 Å². The number of rotatable bonds is 6. The van der Waals surface area contributed by atoms with Gasteiger partial charge in [0, 0.05) is 32.1 Å². The molecule has 0 saturated heterocycles. The molecule has 0 saturated carbocycles. The van der Waals surface area contributed by atoms with Gasteiger partial charge in [-0.05, 0) is 6.92 Å². The van der Waals surface area contributed by atoms with Crippen molar-refractivity contribution in [3.8, 4) is 11.5 Å². The molecule has 9 nitrogen and oxygen atoms in total. The normalized spacial score (nSPS) is 12.6. The minimum absolute atomic E-state index is 0.00715. The van der Waals surface area contributed by atoms with Gasteiger partial charge in [0.15, 0.2) is 5.76 Å². The molecule has 3 aromatic heterocycles. The van der Waals surface area contributed by atoms with Crippen LogP contribution in [0.2, 0.25) is 0 Å². The Kier molecular flexibility index (Phi) is 4.82. The predicted octanol–water partition coefficient (Wildman–Crippen LogP) is 1.91. The summed E-state index contributed by atoms with van der Waals surface area (Å²) in [5.41, 5.74) is -0.258. The maximum atomic E-state index is 12.6. The van der Waals surface area contributed by atoms with Gasteiger partial charge < -0.3 is 8.94 Å². The summed E-state index contributed by atoms with van der Waals surface area (Å²) >= 11 is 0. The maximum Gasteiger partial charge on any atom is 0.452 e. The van der Waals surface area contributed by atoms with Crippen LogP contribution in [0, 0.1) is 6.92 Å². The van der Waals surface area contributed by atoms with Crippen molar-refractivity contribution < 1.29 is 30.5 Å². The van der Waals surface area contributed by atoms with Gasteiger partial charge in [-0.2, -0.15) is 18.3 Å². The number of aryl methyl sites for hydroxylation is 2. The lowest BCUT2D eigenvalue weighted by Gasteiger charge is -2.05. The van der Waals surface area contributed by atoms with Gasteiger partial charge in [-0.25, -0.2) is 18.1 Å². The average Bonchev–Trinajstić information content (AvgIpc) is 3.26. The lowest BCUT2D eigenvalue weighted by Crippen LogP contribution is -2.26. The van der Waals surface area contributed by atoms with Crippen LogP contribution in [0.25, 0.3) is 11.5 Å². The average molecular weight is 405 g/mol. The molecule has 0 fully saturated rings. The Labute approximate surface area is 151 Å². The molecule has 27 heavy (non-hydrogen) atoms. The van der Waals surface area contributed by atoms with Crippen molar-refractivity contribution in [3.63, 3.8) is 0 Å². The molecule has 0 unspecified atom stereocenters. The van der Waals surface area contributed by atoms with Gasteiger partial charge in [-0.15, -0.1) is 0 Å². The van der Waals surface area contributed by atoms with Crippen molar-refractivity contribution >= 4 is 10.0 Å². The Balaban J connectivity index is 1.76. The highest BCUT2D eigenvalue weighted by molar-refractivity contribution is 7.89. The molecular weight excluding hydrogens is 391 g/mol. The van der Waals surface area contributed by atoms with E-state index in [1.807, 2.05) is 0 Å². The molecular formula is C14H14F3N5O4S. The second-order valence-corrected chi connectivity index (χ2v) is 7.29. The number of alkyl halides is 3. The highest BCUT2D eigenvalue weighted by Gasteiger charge is 2.36. The van der Waals surface area contributed by atoms with Crippen LogP contribution in [0.3, 0.4) is 0 Å². The summed E-state index contributed by atoms with van der Waals surface area (Å²) in [4.78, 5) is 3.78. The number of nitrogens with one attached hydrogen (secondary N) is 1. The Bertz CT molecular complexity index is 1050. The summed E-state index contributed by atoms with van der Waals surface area (Å²) in [6.45, 7) is 1.43. The van der Waals surface area contributed by atoms with Crippen molar-refractivity contribution in [1.29, 1.82) is 0 Å². The summed E-state index contributed by atoms with van der Waals surface area (Å²) in [6, 6.07) is 1.73. The summed E-state index contributed by atoms with van der Waals surface area (Å²) in [5.74, 6) is -0.865. The quantitative estimate of drug-likeness (QED) is 0.666. The molecule has 146 valence electrons. The highest BCUT2D eigenvalue weighted by atomic mass is 32.2. The molecule has 0 aromatic carbocycles. The number of hydrogen-bond acceptors (Lipinski definition) is 7. The molecule has 0 spiro atoms. The van der Waals surface area contributed by atoms with Crippen LogP contribution in [0.5, 0.6) is 0 Å². The van der Waals surface area contributed by atoms with Crippen LogP contribution in [0.1, 0.15) is 17.3 Å². The Hall–Kier alpha value is -2.67. The van der Waals surface area contributed by atoms with Gasteiger partial charge in [0.2, 0.25) is 15.8 Å². The van der Waals surface area contributed by atoms with E-state index >= 15 is 0 Å². The summed E-state index contributed by atoms with van der Waals surface area (Å²) in [6.07, 6.45) is -3.05. The van der Waals surface area contributed by atoms with E-state index in [9.17, 15) is 21.6 Å². The van der Waals surface area contributed by atoms with Crippen molar-refractivity contribution in [2.45, 2.75) is 24.4 Å². The first-order valence-electron chi connectivity index (χ1n) is 7.55. The third-order valence-electron chi connectivity index (χ3n) is 3.65. The molecule has 0 atom stereocenters. The first kappa shape index (κ1) is 19.1. The van der Waals surface area contributed by atoms with Crippen LogP contribution in [-0.2, 0) is 29.7 Å². The standard InChI is InChI=1S/C14H14F3N5O4S/c1-8-11(27(23,24)20-4-3-13-18-7-19-22(13)2)6-10(25-8)9-5-12(26-21-9)14(15,16)17/h5-7,20H,3-4H2,1-2H3. The molecule has 1 N–H and O–H groups in total. The van der Waals surface area contributed by atoms with Gasteiger partial charge >= 0.3 is 6.18 Å². The lowest BCUT2D eigenvalue weighted by atomic mass is 10.3. The SMILES string of the molecule is Cc1oc(-c2cc(C(F)(F)F)on2)cc1S(=O)(=O)NCCc1ncnn1C. The topological polar surface area (TPSA) is 116 Å². The smallest absolute Gasteiger partial charge is 0.452 e. The van der Waals surface area contributed by atoms with Crippen LogP contribution < -0.4 is 4.72 Å². The minimum Gasteiger partial charge on any atom is -0.458 e. The summed E-state index contributed by atoms with van der Waals surface area (Å²) in [5, 5.41) is 7.15. The number of aromatic nitrogens is 4. The van der Waals surface area contributed by atoms with Crippen LogP contribution in [0.15, 0.2) is 32.3 Å². The number of halogens is 3. The molecule has 3 aromatic rings. The second kappa shape index (κ2) is 6.81. The number of hydrogen-bond donors (Lipinski definition) is 1. The predicted molar refractivity (Wildman–Crippen MR) is 83.8 cm³/mol. The van der Waals surface area contributed by atoms with E-state index < -0.39 is 22.0 Å². The Morgan fingerprint density at radius 2 is 2.04 bits per heavy atom. The maximum absolute atomic E-state index is 12.6. The highest BCUT2D eigenvalue weighted by Crippen LogP contribution is 2.34. The van der Waals surface area contributed by atoms with Crippen molar-refractivity contribution in [3.05, 3.63) is 35.8 Å². The van der Waals surface area contributed by atoms with E-state index in [2.05, 4.69) is 24.5 Å². The zero-order valence-electron chi connectivity index (χ0n) is 14.1. The van der Waals surface area contributed by atoms with Gasteiger partial charge in [-0.1, -0.05) is 5.16 Å².